The second-order valence-electron chi connectivity index (χ2n) is 3.90. The SMILES string of the molecule is CCCC(=O)N(C)C(CN)C1CC1. The first kappa shape index (κ1) is 10.5. The van der Waals surface area contributed by atoms with Crippen molar-refractivity contribution in [1.29, 1.82) is 0 Å². The van der Waals surface area contributed by atoms with E-state index in [2.05, 4.69) is 0 Å². The molecule has 1 aliphatic carbocycles. The highest BCUT2D eigenvalue weighted by Crippen LogP contribution is 2.34. The summed E-state index contributed by atoms with van der Waals surface area (Å²) in [6, 6.07) is 0.291. The Morgan fingerprint density at radius 1 is 1.62 bits per heavy atom. The quantitative estimate of drug-likeness (QED) is 0.692. The second kappa shape index (κ2) is 4.61. The Morgan fingerprint density at radius 2 is 2.23 bits per heavy atom. The molecule has 2 N–H and O–H groups in total. The van der Waals surface area contributed by atoms with Gasteiger partial charge in [0.05, 0.1) is 0 Å². The van der Waals surface area contributed by atoms with E-state index >= 15 is 0 Å². The number of nitrogens with zero attached hydrogens (tertiary/aromatic N) is 1. The number of hydrogen-bond donors (Lipinski definition) is 1. The normalized spacial score (nSPS) is 18.4. The Kier molecular flexibility index (Phi) is 3.72. The molecule has 1 amide bonds. The lowest BCUT2D eigenvalue weighted by atomic mass is 10.1. The van der Waals surface area contributed by atoms with Gasteiger partial charge in [0, 0.05) is 26.1 Å². The molecule has 0 aromatic rings. The van der Waals surface area contributed by atoms with Crippen LogP contribution in [0.1, 0.15) is 32.6 Å². The molecule has 13 heavy (non-hydrogen) atoms. The van der Waals surface area contributed by atoms with Gasteiger partial charge in [0.2, 0.25) is 5.91 Å². The number of carbonyl (C=O) groups is 1. The minimum atomic E-state index is 0.241. The monoisotopic (exact) mass is 184 g/mol. The van der Waals surface area contributed by atoms with Crippen LogP contribution in [-0.2, 0) is 4.79 Å². The molecular formula is C10H20N2O. The average Bonchev–Trinajstić information content (AvgIpc) is 2.90. The van der Waals surface area contributed by atoms with Crippen molar-refractivity contribution in [1.82, 2.24) is 4.90 Å². The van der Waals surface area contributed by atoms with Crippen LogP contribution in [0.5, 0.6) is 0 Å². The van der Waals surface area contributed by atoms with Crippen molar-refractivity contribution < 1.29 is 4.79 Å². The molecule has 1 atom stereocenters. The number of nitrogens with two attached hydrogens (primary N) is 1. The van der Waals surface area contributed by atoms with Crippen LogP contribution in [-0.4, -0.2) is 30.4 Å². The summed E-state index contributed by atoms with van der Waals surface area (Å²) in [5, 5.41) is 0. The smallest absolute Gasteiger partial charge is 0.222 e. The lowest BCUT2D eigenvalue weighted by Gasteiger charge is -2.27. The summed E-state index contributed by atoms with van der Waals surface area (Å²) in [5.74, 6) is 0.917. The number of likely N-dealkylation sites (N-methyl/N-ethyl adjacent to an activating group) is 1. The van der Waals surface area contributed by atoms with Gasteiger partial charge in [-0.1, -0.05) is 6.92 Å². The van der Waals surface area contributed by atoms with Crippen LogP contribution in [0, 0.1) is 5.92 Å². The maximum atomic E-state index is 11.5. The van der Waals surface area contributed by atoms with Gasteiger partial charge < -0.3 is 10.6 Å². The van der Waals surface area contributed by atoms with Gasteiger partial charge in [-0.2, -0.15) is 0 Å². The largest absolute Gasteiger partial charge is 0.341 e. The molecule has 1 aliphatic rings. The Bertz CT molecular complexity index is 178. The molecule has 1 saturated carbocycles. The van der Waals surface area contributed by atoms with Crippen LogP contribution in [0.2, 0.25) is 0 Å². The van der Waals surface area contributed by atoms with Crippen molar-refractivity contribution in [2.75, 3.05) is 13.6 Å². The van der Waals surface area contributed by atoms with Crippen molar-refractivity contribution >= 4 is 5.91 Å². The summed E-state index contributed by atoms with van der Waals surface area (Å²) in [5.41, 5.74) is 5.65. The van der Waals surface area contributed by atoms with Gasteiger partial charge in [0.15, 0.2) is 0 Å². The van der Waals surface area contributed by atoms with E-state index in [-0.39, 0.29) is 5.91 Å². The van der Waals surface area contributed by atoms with Crippen molar-refractivity contribution in [3.05, 3.63) is 0 Å². The molecule has 1 unspecified atom stereocenters. The zero-order valence-corrected chi connectivity index (χ0v) is 8.62. The zero-order valence-electron chi connectivity index (χ0n) is 8.62. The highest BCUT2D eigenvalue weighted by atomic mass is 16.2. The lowest BCUT2D eigenvalue weighted by molar-refractivity contribution is -0.132. The van der Waals surface area contributed by atoms with Crippen molar-refractivity contribution in [3.8, 4) is 0 Å². The summed E-state index contributed by atoms with van der Waals surface area (Å²) in [6.45, 7) is 2.64. The van der Waals surface area contributed by atoms with Gasteiger partial charge in [-0.25, -0.2) is 0 Å². The molecule has 76 valence electrons. The summed E-state index contributed by atoms with van der Waals surface area (Å²) in [4.78, 5) is 13.4. The van der Waals surface area contributed by atoms with E-state index in [0.717, 1.165) is 6.42 Å². The molecule has 0 heterocycles. The first-order chi connectivity index (χ1) is 6.20. The molecule has 0 saturated heterocycles. The fourth-order valence-electron chi connectivity index (χ4n) is 1.72. The van der Waals surface area contributed by atoms with E-state index in [1.165, 1.54) is 12.8 Å². The highest BCUT2D eigenvalue weighted by molar-refractivity contribution is 5.76. The van der Waals surface area contributed by atoms with Gasteiger partial charge in [0.25, 0.3) is 0 Å². The fraction of sp³-hybridized carbons (Fsp3) is 0.900. The Hall–Kier alpha value is -0.570. The molecule has 3 nitrogen and oxygen atoms in total. The summed E-state index contributed by atoms with van der Waals surface area (Å²) in [7, 11) is 1.88. The van der Waals surface area contributed by atoms with E-state index < -0.39 is 0 Å². The molecule has 0 radical (unpaired) electrons. The number of rotatable bonds is 5. The van der Waals surface area contributed by atoms with Gasteiger partial charge in [0.1, 0.15) is 0 Å². The molecule has 0 aliphatic heterocycles. The van der Waals surface area contributed by atoms with Gasteiger partial charge in [-0.05, 0) is 25.2 Å². The standard InChI is InChI=1S/C10H20N2O/c1-3-4-10(13)12(2)9(7-11)8-5-6-8/h8-9H,3-7,11H2,1-2H3. The van der Waals surface area contributed by atoms with Crippen LogP contribution in [0.15, 0.2) is 0 Å². The minimum Gasteiger partial charge on any atom is -0.341 e. The maximum Gasteiger partial charge on any atom is 0.222 e. The molecular weight excluding hydrogens is 164 g/mol. The predicted octanol–water partition coefficient (Wildman–Crippen LogP) is 0.982. The molecule has 0 bridgehead atoms. The second-order valence-corrected chi connectivity index (χ2v) is 3.90. The van der Waals surface area contributed by atoms with E-state index in [1.807, 2.05) is 18.9 Å². The third-order valence-electron chi connectivity index (χ3n) is 2.76. The number of amides is 1. The highest BCUT2D eigenvalue weighted by Gasteiger charge is 2.34. The van der Waals surface area contributed by atoms with Gasteiger partial charge in [-0.3, -0.25) is 4.79 Å². The third kappa shape index (κ3) is 2.69. The first-order valence-corrected chi connectivity index (χ1v) is 5.16. The van der Waals surface area contributed by atoms with Crippen molar-refractivity contribution in [2.24, 2.45) is 11.7 Å². The molecule has 0 aromatic heterocycles. The third-order valence-corrected chi connectivity index (χ3v) is 2.76. The summed E-state index contributed by atoms with van der Waals surface area (Å²) >= 11 is 0. The number of carbonyl (C=O) groups excluding carboxylic acids is 1. The Labute approximate surface area is 80.3 Å². The number of hydrogen-bond acceptors (Lipinski definition) is 2. The zero-order chi connectivity index (χ0) is 9.84. The molecule has 0 spiro atoms. The minimum absolute atomic E-state index is 0.241. The molecule has 1 rings (SSSR count). The fourth-order valence-corrected chi connectivity index (χ4v) is 1.72. The maximum absolute atomic E-state index is 11.5. The van der Waals surface area contributed by atoms with Gasteiger partial charge >= 0.3 is 0 Å². The van der Waals surface area contributed by atoms with E-state index in [9.17, 15) is 4.79 Å². The molecule has 3 heteroatoms. The van der Waals surface area contributed by atoms with Gasteiger partial charge in [-0.15, -0.1) is 0 Å². The van der Waals surface area contributed by atoms with E-state index in [4.69, 9.17) is 5.73 Å². The van der Waals surface area contributed by atoms with Crippen molar-refractivity contribution in [3.63, 3.8) is 0 Å². The van der Waals surface area contributed by atoms with Crippen LogP contribution >= 0.6 is 0 Å². The van der Waals surface area contributed by atoms with E-state index in [0.29, 0.717) is 24.9 Å². The topological polar surface area (TPSA) is 46.3 Å². The Balaban J connectivity index is 2.42. The molecule has 0 aromatic carbocycles. The average molecular weight is 184 g/mol. The lowest BCUT2D eigenvalue weighted by Crippen LogP contribution is -2.43. The molecule has 1 fully saturated rings. The van der Waals surface area contributed by atoms with Crippen molar-refractivity contribution in [2.45, 2.75) is 38.6 Å². The van der Waals surface area contributed by atoms with Crippen LogP contribution < -0.4 is 5.73 Å². The van der Waals surface area contributed by atoms with E-state index in [1.54, 1.807) is 0 Å². The van der Waals surface area contributed by atoms with Crippen LogP contribution in [0.4, 0.5) is 0 Å². The Morgan fingerprint density at radius 3 is 2.62 bits per heavy atom. The van der Waals surface area contributed by atoms with Crippen LogP contribution in [0.25, 0.3) is 0 Å². The summed E-state index contributed by atoms with van der Waals surface area (Å²) in [6.07, 6.45) is 4.06. The van der Waals surface area contributed by atoms with Crippen LogP contribution in [0.3, 0.4) is 0 Å². The summed E-state index contributed by atoms with van der Waals surface area (Å²) < 4.78 is 0. The predicted molar refractivity (Wildman–Crippen MR) is 53.2 cm³/mol. The first-order valence-electron chi connectivity index (χ1n) is 5.16.